The lowest BCUT2D eigenvalue weighted by atomic mass is 10.2. The van der Waals surface area contributed by atoms with Crippen molar-refractivity contribution in [2.45, 2.75) is 0 Å². The third-order valence-corrected chi connectivity index (χ3v) is 2.07. The van der Waals surface area contributed by atoms with Gasteiger partial charge in [0.15, 0.2) is 0 Å². The van der Waals surface area contributed by atoms with E-state index < -0.39 is 0 Å². The van der Waals surface area contributed by atoms with E-state index in [2.05, 4.69) is 4.98 Å². The van der Waals surface area contributed by atoms with E-state index in [-0.39, 0.29) is 13.2 Å². The lowest BCUT2D eigenvalue weighted by Crippen LogP contribution is -2.02. The standard InChI is InChI=1S/C11H12N2O2/c12-10-7-9(15-5-4-14)6-8-2-1-3-13-11(8)10/h1-3,6-7,14H,4-5,12H2. The van der Waals surface area contributed by atoms with Gasteiger partial charge in [0.2, 0.25) is 0 Å². The van der Waals surface area contributed by atoms with E-state index in [0.717, 1.165) is 10.9 Å². The van der Waals surface area contributed by atoms with Crippen molar-refractivity contribution in [2.24, 2.45) is 0 Å². The first kappa shape index (κ1) is 9.73. The van der Waals surface area contributed by atoms with Crippen LogP contribution in [0.25, 0.3) is 10.9 Å². The zero-order valence-electron chi connectivity index (χ0n) is 8.18. The normalized spacial score (nSPS) is 10.5. The monoisotopic (exact) mass is 204 g/mol. The average Bonchev–Trinajstić information content (AvgIpc) is 2.26. The molecule has 4 heteroatoms. The molecular formula is C11H12N2O2. The number of aliphatic hydroxyl groups is 1. The summed E-state index contributed by atoms with van der Waals surface area (Å²) in [6, 6.07) is 7.33. The van der Waals surface area contributed by atoms with Gasteiger partial charge >= 0.3 is 0 Å². The van der Waals surface area contributed by atoms with E-state index in [1.54, 1.807) is 12.3 Å². The Bertz CT molecular complexity index is 471. The Morgan fingerprint density at radius 1 is 1.40 bits per heavy atom. The fourth-order valence-corrected chi connectivity index (χ4v) is 1.44. The van der Waals surface area contributed by atoms with Crippen LogP contribution in [0.3, 0.4) is 0 Å². The molecule has 0 aliphatic carbocycles. The molecule has 0 unspecified atom stereocenters. The van der Waals surface area contributed by atoms with Crippen molar-refractivity contribution < 1.29 is 9.84 Å². The van der Waals surface area contributed by atoms with Crippen LogP contribution in [0.5, 0.6) is 5.75 Å². The van der Waals surface area contributed by atoms with Crippen LogP contribution in [0.4, 0.5) is 5.69 Å². The summed E-state index contributed by atoms with van der Waals surface area (Å²) < 4.78 is 5.29. The number of nitrogens with zero attached hydrogens (tertiary/aromatic N) is 1. The van der Waals surface area contributed by atoms with Crippen LogP contribution in [0.1, 0.15) is 0 Å². The largest absolute Gasteiger partial charge is 0.491 e. The van der Waals surface area contributed by atoms with Crippen molar-refractivity contribution in [3.8, 4) is 5.75 Å². The smallest absolute Gasteiger partial charge is 0.122 e. The van der Waals surface area contributed by atoms with E-state index in [1.165, 1.54) is 0 Å². The Labute approximate surface area is 87.3 Å². The van der Waals surface area contributed by atoms with E-state index in [0.29, 0.717) is 11.4 Å². The minimum absolute atomic E-state index is 0.00895. The topological polar surface area (TPSA) is 68.4 Å². The highest BCUT2D eigenvalue weighted by molar-refractivity contribution is 5.90. The molecule has 0 amide bonds. The fraction of sp³-hybridized carbons (Fsp3) is 0.182. The second kappa shape index (κ2) is 4.14. The average molecular weight is 204 g/mol. The van der Waals surface area contributed by atoms with Crippen molar-refractivity contribution in [1.82, 2.24) is 4.98 Å². The molecule has 1 heterocycles. The molecule has 2 rings (SSSR count). The maximum Gasteiger partial charge on any atom is 0.122 e. The molecule has 0 saturated heterocycles. The van der Waals surface area contributed by atoms with E-state index in [4.69, 9.17) is 15.6 Å². The molecule has 1 aromatic carbocycles. The van der Waals surface area contributed by atoms with Crippen molar-refractivity contribution in [3.05, 3.63) is 30.5 Å². The molecule has 78 valence electrons. The van der Waals surface area contributed by atoms with Gasteiger partial charge in [-0.05, 0) is 12.1 Å². The molecule has 15 heavy (non-hydrogen) atoms. The maximum absolute atomic E-state index is 8.64. The number of ether oxygens (including phenoxy) is 1. The van der Waals surface area contributed by atoms with Crippen LogP contribution in [0.15, 0.2) is 30.5 Å². The molecule has 1 aromatic heterocycles. The summed E-state index contributed by atoms with van der Waals surface area (Å²) in [5.41, 5.74) is 7.18. The highest BCUT2D eigenvalue weighted by Crippen LogP contribution is 2.25. The molecule has 0 atom stereocenters. The summed E-state index contributed by atoms with van der Waals surface area (Å²) in [7, 11) is 0. The number of hydrogen-bond donors (Lipinski definition) is 2. The number of pyridine rings is 1. The minimum Gasteiger partial charge on any atom is -0.491 e. The van der Waals surface area contributed by atoms with Gasteiger partial charge in [-0.3, -0.25) is 4.98 Å². The molecule has 0 bridgehead atoms. The molecule has 0 aliphatic heterocycles. The molecular weight excluding hydrogens is 192 g/mol. The van der Waals surface area contributed by atoms with Gasteiger partial charge in [-0.2, -0.15) is 0 Å². The molecule has 0 aliphatic rings. The van der Waals surface area contributed by atoms with Gasteiger partial charge in [0, 0.05) is 17.6 Å². The SMILES string of the molecule is Nc1cc(OCCO)cc2cccnc12. The minimum atomic E-state index is -0.00895. The summed E-state index contributed by atoms with van der Waals surface area (Å²) in [6.45, 7) is 0.260. The fourth-order valence-electron chi connectivity index (χ4n) is 1.44. The van der Waals surface area contributed by atoms with Crippen molar-refractivity contribution in [1.29, 1.82) is 0 Å². The first-order valence-corrected chi connectivity index (χ1v) is 4.69. The van der Waals surface area contributed by atoms with Gasteiger partial charge in [-0.15, -0.1) is 0 Å². The summed E-state index contributed by atoms with van der Waals surface area (Å²) in [6.07, 6.45) is 1.70. The molecule has 2 aromatic rings. The second-order valence-electron chi connectivity index (χ2n) is 3.16. The van der Waals surface area contributed by atoms with Gasteiger partial charge in [-0.1, -0.05) is 6.07 Å². The van der Waals surface area contributed by atoms with Crippen molar-refractivity contribution >= 4 is 16.6 Å². The Hall–Kier alpha value is -1.81. The maximum atomic E-state index is 8.64. The first-order chi connectivity index (χ1) is 7.31. The third kappa shape index (κ3) is 1.99. The molecule has 4 nitrogen and oxygen atoms in total. The Balaban J connectivity index is 2.43. The number of benzene rings is 1. The highest BCUT2D eigenvalue weighted by atomic mass is 16.5. The number of hydrogen-bond acceptors (Lipinski definition) is 4. The van der Waals surface area contributed by atoms with Crippen molar-refractivity contribution in [3.63, 3.8) is 0 Å². The van der Waals surface area contributed by atoms with Crippen LogP contribution < -0.4 is 10.5 Å². The predicted octanol–water partition coefficient (Wildman–Crippen LogP) is 1.19. The molecule has 0 spiro atoms. The van der Waals surface area contributed by atoms with Gasteiger partial charge in [-0.25, -0.2) is 0 Å². The number of nitrogen functional groups attached to an aromatic ring is 1. The number of fused-ring (bicyclic) bond motifs is 1. The van der Waals surface area contributed by atoms with Crippen LogP contribution in [0.2, 0.25) is 0 Å². The highest BCUT2D eigenvalue weighted by Gasteiger charge is 2.02. The third-order valence-electron chi connectivity index (χ3n) is 2.07. The first-order valence-electron chi connectivity index (χ1n) is 4.69. The van der Waals surface area contributed by atoms with E-state index in [9.17, 15) is 0 Å². The Morgan fingerprint density at radius 3 is 3.07 bits per heavy atom. The summed E-state index contributed by atoms with van der Waals surface area (Å²) >= 11 is 0. The molecule has 0 radical (unpaired) electrons. The van der Waals surface area contributed by atoms with Gasteiger partial charge in [0.05, 0.1) is 17.8 Å². The van der Waals surface area contributed by atoms with Crippen LogP contribution in [-0.2, 0) is 0 Å². The number of aliphatic hydroxyl groups excluding tert-OH is 1. The van der Waals surface area contributed by atoms with Crippen LogP contribution >= 0.6 is 0 Å². The zero-order valence-corrected chi connectivity index (χ0v) is 8.18. The van der Waals surface area contributed by atoms with Crippen molar-refractivity contribution in [2.75, 3.05) is 18.9 Å². The van der Waals surface area contributed by atoms with E-state index in [1.807, 2.05) is 18.2 Å². The summed E-state index contributed by atoms with van der Waals surface area (Å²) in [5.74, 6) is 0.655. The van der Waals surface area contributed by atoms with Gasteiger partial charge in [0.1, 0.15) is 12.4 Å². The predicted molar refractivity (Wildman–Crippen MR) is 58.7 cm³/mol. The summed E-state index contributed by atoms with van der Waals surface area (Å²) in [4.78, 5) is 4.17. The number of rotatable bonds is 3. The summed E-state index contributed by atoms with van der Waals surface area (Å²) in [5, 5.41) is 9.58. The van der Waals surface area contributed by atoms with E-state index >= 15 is 0 Å². The van der Waals surface area contributed by atoms with Crippen LogP contribution in [0, 0.1) is 0 Å². The van der Waals surface area contributed by atoms with Gasteiger partial charge < -0.3 is 15.6 Å². The van der Waals surface area contributed by atoms with Gasteiger partial charge in [0.25, 0.3) is 0 Å². The number of nitrogens with two attached hydrogens (primary N) is 1. The molecule has 3 N–H and O–H groups in total. The molecule has 0 saturated carbocycles. The zero-order chi connectivity index (χ0) is 10.7. The number of anilines is 1. The van der Waals surface area contributed by atoms with Crippen LogP contribution in [-0.4, -0.2) is 23.3 Å². The Kier molecular flexibility index (Phi) is 2.69. The second-order valence-corrected chi connectivity index (χ2v) is 3.16. The lowest BCUT2D eigenvalue weighted by molar-refractivity contribution is 0.201. The quantitative estimate of drug-likeness (QED) is 0.737. The Morgan fingerprint density at radius 2 is 2.27 bits per heavy atom. The molecule has 0 fully saturated rings. The lowest BCUT2D eigenvalue weighted by Gasteiger charge is -2.07. The number of aromatic nitrogens is 1.